The second-order valence-electron chi connectivity index (χ2n) is 17.8. The third-order valence-corrected chi connectivity index (χ3v) is 13.2. The van der Waals surface area contributed by atoms with Crippen LogP contribution in [0.5, 0.6) is 0 Å². The maximum atomic E-state index is 14.3. The first-order valence-corrected chi connectivity index (χ1v) is 22.3. The van der Waals surface area contributed by atoms with E-state index in [9.17, 15) is 23.2 Å². The van der Waals surface area contributed by atoms with E-state index in [1.54, 1.807) is 27.1 Å². The molecule has 2 N–H and O–H groups in total. The fraction of sp³-hybridized carbons (Fsp3) is 0.522. The number of hydrogen-bond acceptors (Lipinski definition) is 10. The number of piperidine rings is 2. The predicted molar refractivity (Wildman–Crippen MR) is 236 cm³/mol. The first-order chi connectivity index (χ1) is 30.9. The molecule has 3 saturated heterocycles. The molecule has 3 atom stereocenters. The largest absolute Gasteiger partial charge is 0.372 e. The van der Waals surface area contributed by atoms with Crippen molar-refractivity contribution < 1.29 is 27.8 Å². The Hall–Kier alpha value is -5.90. The molecule has 1 aromatic carbocycles. The van der Waals surface area contributed by atoms with Crippen LogP contribution in [0.2, 0.25) is 0 Å². The Kier molecular flexibility index (Phi) is 12.4. The summed E-state index contributed by atoms with van der Waals surface area (Å²) >= 11 is 0. The molecule has 4 aliphatic rings. The molecule has 1 unspecified atom stereocenters. The van der Waals surface area contributed by atoms with E-state index >= 15 is 0 Å². The summed E-state index contributed by atoms with van der Waals surface area (Å²) in [4.78, 5) is 49.0. The maximum absolute atomic E-state index is 14.3. The van der Waals surface area contributed by atoms with Crippen LogP contribution in [0.3, 0.4) is 0 Å². The quantitative estimate of drug-likeness (QED) is 0.169. The lowest BCUT2D eigenvalue weighted by Gasteiger charge is -2.36. The van der Waals surface area contributed by atoms with Gasteiger partial charge in [-0.15, -0.1) is 0 Å². The SMILES string of the molecule is C=C1CCC(n2c(=O)n(C)c3c(C#CCOC4CCN(CC5CCC(n6cc(NC(=O)c7cnn8ccc(N9C[C@H](C)O[C@@H](C)C9)nc78)c(C(F)F)n6)CC5)CC4)cccc32)C(=O)N1. The third kappa shape index (κ3) is 8.93. The smallest absolute Gasteiger partial charge is 0.329 e. The number of carbonyl (C=O) groups excluding carboxylic acids is 2. The van der Waals surface area contributed by atoms with Crippen molar-refractivity contribution in [2.45, 2.75) is 102 Å². The van der Waals surface area contributed by atoms with E-state index in [4.69, 9.17) is 14.5 Å². The summed E-state index contributed by atoms with van der Waals surface area (Å²) in [6.45, 7) is 12.3. The summed E-state index contributed by atoms with van der Waals surface area (Å²) in [5.41, 5.74) is 2.53. The molecule has 7 heterocycles. The van der Waals surface area contributed by atoms with Crippen molar-refractivity contribution in [3.8, 4) is 11.8 Å². The minimum absolute atomic E-state index is 0.0116. The topological polar surface area (TPSA) is 158 Å². The fourth-order valence-electron chi connectivity index (χ4n) is 9.96. The van der Waals surface area contributed by atoms with Crippen LogP contribution in [0.1, 0.15) is 105 Å². The van der Waals surface area contributed by atoms with Gasteiger partial charge in [0, 0.05) is 57.9 Å². The number of hydrogen-bond donors (Lipinski definition) is 2. The van der Waals surface area contributed by atoms with Crippen LogP contribution in [-0.4, -0.2) is 108 Å². The summed E-state index contributed by atoms with van der Waals surface area (Å²) in [5, 5.41) is 14.1. The highest BCUT2D eigenvalue weighted by Crippen LogP contribution is 2.36. The van der Waals surface area contributed by atoms with Gasteiger partial charge in [0.1, 0.15) is 24.0 Å². The fourth-order valence-corrected chi connectivity index (χ4v) is 9.96. The van der Waals surface area contributed by atoms with Crippen LogP contribution < -0.4 is 21.2 Å². The third-order valence-electron chi connectivity index (χ3n) is 13.2. The predicted octanol–water partition coefficient (Wildman–Crippen LogP) is 5.61. The van der Waals surface area contributed by atoms with E-state index in [1.807, 2.05) is 38.1 Å². The molecule has 0 spiro atoms. The van der Waals surface area contributed by atoms with Gasteiger partial charge in [0.2, 0.25) is 5.91 Å². The zero-order chi connectivity index (χ0) is 44.6. The first kappa shape index (κ1) is 43.4. The number of carbonyl (C=O) groups is 2. The molecular weight excluding hydrogens is 825 g/mol. The molecule has 3 aliphatic heterocycles. The molecule has 5 aromatic rings. The average Bonchev–Trinajstić information content (AvgIpc) is 3.97. The summed E-state index contributed by atoms with van der Waals surface area (Å²) in [7, 11) is 1.71. The number of amides is 2. The Balaban J connectivity index is 0.751. The number of aryl methyl sites for hydroxylation is 1. The number of likely N-dealkylation sites (tertiary alicyclic amines) is 1. The minimum Gasteiger partial charge on any atom is -0.372 e. The number of rotatable bonds is 10. The zero-order valence-electron chi connectivity index (χ0n) is 36.5. The molecule has 1 saturated carbocycles. The monoisotopic (exact) mass is 879 g/mol. The number of ether oxygens (including phenoxy) is 2. The Morgan fingerprint density at radius 3 is 2.56 bits per heavy atom. The lowest BCUT2D eigenvalue weighted by molar-refractivity contribution is -0.124. The van der Waals surface area contributed by atoms with Crippen LogP contribution in [0.25, 0.3) is 16.7 Å². The summed E-state index contributed by atoms with van der Waals surface area (Å²) < 4.78 is 46.9. The normalized spacial score (nSPS) is 23.7. The van der Waals surface area contributed by atoms with E-state index in [0.717, 1.165) is 58.2 Å². The number of benzene rings is 1. The molecular formula is C46H55F2N11O5. The number of imidazole rings is 1. The maximum Gasteiger partial charge on any atom is 0.329 e. The number of anilines is 2. The Labute approximate surface area is 369 Å². The lowest BCUT2D eigenvalue weighted by atomic mass is 9.85. The van der Waals surface area contributed by atoms with Gasteiger partial charge in [-0.3, -0.25) is 23.4 Å². The Morgan fingerprint density at radius 1 is 1.06 bits per heavy atom. The standard InChI is InChI=1S/C46H55F2N11O5/c1-28-10-15-38(45(61)50-28)59-37-9-5-7-32(41(37)54(4)46(59)62)8-6-22-63-34-16-19-55(20-17-34)26-31-11-13-33(14-12-31)58-27-36(40(53-58)42(47)48)51-44(60)35-23-49-57-21-18-39(52-43(35)57)56-24-29(2)64-30(3)25-56/h5,7,9,18,21,23,27,29-31,33-34,38,42H,1,10-17,19-20,22,24-26H2,2-4H3,(H,50,61)(H,51,60)/t29-,30-,31?,33?,38?/m0/s1. The molecule has 4 aromatic heterocycles. The highest BCUT2D eigenvalue weighted by atomic mass is 19.3. The number of alkyl halides is 2. The van der Waals surface area contributed by atoms with Crippen molar-refractivity contribution in [1.29, 1.82) is 0 Å². The van der Waals surface area contributed by atoms with Gasteiger partial charge in [-0.25, -0.2) is 23.1 Å². The van der Waals surface area contributed by atoms with Crippen LogP contribution in [-0.2, 0) is 21.3 Å². The number of halogens is 2. The highest BCUT2D eigenvalue weighted by molar-refractivity contribution is 6.08. The number of nitrogens with one attached hydrogen (secondary N) is 2. The minimum atomic E-state index is -2.87. The summed E-state index contributed by atoms with van der Waals surface area (Å²) in [6, 6.07) is 6.78. The summed E-state index contributed by atoms with van der Waals surface area (Å²) in [5.74, 6) is 6.73. The number of para-hydroxylation sites is 1. The second-order valence-corrected chi connectivity index (χ2v) is 17.8. The molecule has 18 heteroatoms. The van der Waals surface area contributed by atoms with Crippen molar-refractivity contribution >= 4 is 40.0 Å². The first-order valence-electron chi connectivity index (χ1n) is 22.3. The van der Waals surface area contributed by atoms with E-state index in [2.05, 4.69) is 49.1 Å². The number of morpholine rings is 1. The summed E-state index contributed by atoms with van der Waals surface area (Å²) in [6.07, 6.45) is 8.40. The number of fused-ring (bicyclic) bond motifs is 2. The molecule has 16 nitrogen and oxygen atoms in total. The molecule has 9 rings (SSSR count). The van der Waals surface area contributed by atoms with Crippen LogP contribution in [0.4, 0.5) is 20.3 Å². The Bertz CT molecular complexity index is 2670. The van der Waals surface area contributed by atoms with Crippen LogP contribution >= 0.6 is 0 Å². The molecule has 64 heavy (non-hydrogen) atoms. The van der Waals surface area contributed by atoms with Crippen LogP contribution in [0, 0.1) is 17.8 Å². The van der Waals surface area contributed by atoms with Crippen molar-refractivity contribution in [3.63, 3.8) is 0 Å². The molecule has 0 bridgehead atoms. The molecule has 2 amide bonds. The van der Waals surface area contributed by atoms with Gasteiger partial charge in [-0.05, 0) is 89.3 Å². The van der Waals surface area contributed by atoms with Gasteiger partial charge >= 0.3 is 5.69 Å². The number of aromatic nitrogens is 7. The van der Waals surface area contributed by atoms with Crippen molar-refractivity contribution in [3.05, 3.63) is 82.4 Å². The lowest BCUT2D eigenvalue weighted by Crippen LogP contribution is -2.45. The average molecular weight is 880 g/mol. The molecule has 338 valence electrons. The van der Waals surface area contributed by atoms with Gasteiger partial charge in [0.05, 0.1) is 52.8 Å². The van der Waals surface area contributed by atoms with Crippen molar-refractivity contribution in [1.82, 2.24) is 43.7 Å². The number of nitrogens with zero attached hydrogens (tertiary/aromatic N) is 9. The van der Waals surface area contributed by atoms with E-state index in [0.29, 0.717) is 65.6 Å². The number of allylic oxidation sites excluding steroid dienone is 1. The second kappa shape index (κ2) is 18.3. The van der Waals surface area contributed by atoms with Gasteiger partial charge in [-0.1, -0.05) is 24.5 Å². The van der Waals surface area contributed by atoms with Gasteiger partial charge in [0.25, 0.3) is 12.3 Å². The van der Waals surface area contributed by atoms with Crippen molar-refractivity contribution in [2.75, 3.05) is 49.5 Å². The zero-order valence-corrected chi connectivity index (χ0v) is 36.5. The van der Waals surface area contributed by atoms with Gasteiger partial charge in [-0.2, -0.15) is 10.2 Å². The molecule has 0 radical (unpaired) electrons. The van der Waals surface area contributed by atoms with Gasteiger partial charge < -0.3 is 29.9 Å². The Morgan fingerprint density at radius 2 is 1.83 bits per heavy atom. The van der Waals surface area contributed by atoms with Crippen molar-refractivity contribution in [2.24, 2.45) is 13.0 Å². The van der Waals surface area contributed by atoms with Gasteiger partial charge in [0.15, 0.2) is 11.3 Å². The van der Waals surface area contributed by atoms with E-state index < -0.39 is 24.1 Å². The highest BCUT2D eigenvalue weighted by Gasteiger charge is 2.32. The van der Waals surface area contributed by atoms with E-state index in [-0.39, 0.29) is 53.8 Å². The molecule has 4 fully saturated rings. The molecule has 1 aliphatic carbocycles. The van der Waals surface area contributed by atoms with Crippen LogP contribution in [0.15, 0.2) is 59.9 Å². The van der Waals surface area contributed by atoms with E-state index in [1.165, 1.54) is 16.9 Å².